The topological polar surface area (TPSA) is 29.1 Å². The first-order valence-corrected chi connectivity index (χ1v) is 7.38. The first-order chi connectivity index (χ1) is 9.66. The van der Waals surface area contributed by atoms with E-state index in [1.54, 1.807) is 0 Å². The molecule has 0 bridgehead atoms. The van der Waals surface area contributed by atoms with Crippen LogP contribution in [0.5, 0.6) is 0 Å². The highest BCUT2D eigenvalue weighted by Crippen LogP contribution is 2.19. The lowest BCUT2D eigenvalue weighted by atomic mass is 9.99. The zero-order valence-corrected chi connectivity index (χ0v) is 12.4. The fourth-order valence-corrected chi connectivity index (χ4v) is 2.42. The number of hydrogen-bond acceptors (Lipinski definition) is 2. The molecular weight excluding hydrogens is 246 g/mol. The van der Waals surface area contributed by atoms with Gasteiger partial charge in [-0.05, 0) is 29.3 Å². The average Bonchev–Trinajstić information content (AvgIpc) is 2.44. The zero-order valence-electron chi connectivity index (χ0n) is 12.4. The van der Waals surface area contributed by atoms with Crippen molar-refractivity contribution in [2.75, 3.05) is 6.54 Å². The highest BCUT2D eigenvalue weighted by atomic mass is 16.1. The van der Waals surface area contributed by atoms with Gasteiger partial charge in [0, 0.05) is 18.9 Å². The van der Waals surface area contributed by atoms with Gasteiger partial charge in [-0.3, -0.25) is 4.79 Å². The minimum absolute atomic E-state index is 0.326. The number of Topliss-reactive ketones (excluding diaryl/α,β-unsaturated/α-hetero) is 1. The van der Waals surface area contributed by atoms with E-state index in [2.05, 4.69) is 43.4 Å². The van der Waals surface area contributed by atoms with E-state index in [0.717, 1.165) is 18.5 Å². The summed E-state index contributed by atoms with van der Waals surface area (Å²) in [5.41, 5.74) is 1.14. The van der Waals surface area contributed by atoms with E-state index in [1.165, 1.54) is 10.8 Å². The lowest BCUT2D eigenvalue weighted by Gasteiger charge is -2.08. The first-order valence-electron chi connectivity index (χ1n) is 7.38. The maximum Gasteiger partial charge on any atom is 0.137 e. The van der Waals surface area contributed by atoms with E-state index in [1.807, 2.05) is 18.2 Å². The van der Waals surface area contributed by atoms with Crippen molar-refractivity contribution in [3.63, 3.8) is 0 Å². The number of nitrogens with one attached hydrogen (secondary N) is 1. The Bertz CT molecular complexity index is 569. The molecule has 0 amide bonds. The smallest absolute Gasteiger partial charge is 0.137 e. The van der Waals surface area contributed by atoms with E-state index in [9.17, 15) is 4.79 Å². The van der Waals surface area contributed by atoms with Crippen molar-refractivity contribution in [2.24, 2.45) is 0 Å². The Morgan fingerprint density at radius 2 is 1.85 bits per heavy atom. The number of carbonyl (C=O) groups is 1. The lowest BCUT2D eigenvalue weighted by molar-refractivity contribution is -0.118. The summed E-state index contributed by atoms with van der Waals surface area (Å²) in [4.78, 5) is 12.1. The average molecular weight is 269 g/mol. The highest BCUT2D eigenvalue weighted by molar-refractivity contribution is 5.90. The Hall–Kier alpha value is -1.67. The molecule has 0 atom stereocenters. The first kappa shape index (κ1) is 14.7. The van der Waals surface area contributed by atoms with Crippen molar-refractivity contribution in [3.05, 3.63) is 48.0 Å². The van der Waals surface area contributed by atoms with Crippen LogP contribution >= 0.6 is 0 Å². The highest BCUT2D eigenvalue weighted by Gasteiger charge is 2.06. The Kier molecular flexibility index (Phi) is 5.31. The van der Waals surface area contributed by atoms with Crippen molar-refractivity contribution in [1.82, 2.24) is 5.32 Å². The standard InChI is InChI=1S/C18H23NO/c1-14(2)19-12-6-10-17(20)13-16-9-5-8-15-7-3-4-11-18(15)16/h3-5,7-9,11,14,19H,6,10,12-13H2,1-2H3. The SMILES string of the molecule is CC(C)NCCCC(=O)Cc1cccc2ccccc12. The second kappa shape index (κ2) is 7.20. The molecule has 0 aliphatic rings. The Morgan fingerprint density at radius 1 is 1.10 bits per heavy atom. The molecule has 0 radical (unpaired) electrons. The van der Waals surface area contributed by atoms with Crippen molar-refractivity contribution >= 4 is 16.6 Å². The van der Waals surface area contributed by atoms with E-state index >= 15 is 0 Å². The van der Waals surface area contributed by atoms with Crippen molar-refractivity contribution in [3.8, 4) is 0 Å². The molecule has 20 heavy (non-hydrogen) atoms. The fourth-order valence-electron chi connectivity index (χ4n) is 2.42. The van der Waals surface area contributed by atoms with Crippen LogP contribution in [0.25, 0.3) is 10.8 Å². The van der Waals surface area contributed by atoms with Crippen molar-refractivity contribution < 1.29 is 4.79 Å². The summed E-state index contributed by atoms with van der Waals surface area (Å²) in [6, 6.07) is 14.9. The van der Waals surface area contributed by atoms with Gasteiger partial charge < -0.3 is 5.32 Å². The molecule has 2 rings (SSSR count). The molecule has 2 heteroatoms. The molecule has 0 saturated carbocycles. The Morgan fingerprint density at radius 3 is 2.65 bits per heavy atom. The van der Waals surface area contributed by atoms with Gasteiger partial charge in [0.05, 0.1) is 0 Å². The second-order valence-corrected chi connectivity index (χ2v) is 5.57. The molecule has 0 aliphatic carbocycles. The summed E-state index contributed by atoms with van der Waals surface area (Å²) >= 11 is 0. The molecule has 0 aliphatic heterocycles. The van der Waals surface area contributed by atoms with Gasteiger partial charge in [0.1, 0.15) is 5.78 Å². The number of rotatable bonds is 7. The van der Waals surface area contributed by atoms with Gasteiger partial charge in [0.25, 0.3) is 0 Å². The maximum atomic E-state index is 12.1. The Balaban J connectivity index is 1.93. The minimum Gasteiger partial charge on any atom is -0.315 e. The van der Waals surface area contributed by atoms with Crippen LogP contribution < -0.4 is 5.32 Å². The summed E-state index contributed by atoms with van der Waals surface area (Å²) in [5, 5.41) is 5.75. The molecule has 1 N–H and O–H groups in total. The molecule has 0 aromatic heterocycles. The zero-order chi connectivity index (χ0) is 14.4. The summed E-state index contributed by atoms with van der Waals surface area (Å²) < 4.78 is 0. The summed E-state index contributed by atoms with van der Waals surface area (Å²) in [6.45, 7) is 5.16. The number of carbonyl (C=O) groups excluding carboxylic acids is 1. The fraction of sp³-hybridized carbons (Fsp3) is 0.389. The largest absolute Gasteiger partial charge is 0.315 e. The molecular formula is C18H23NO. The van der Waals surface area contributed by atoms with Gasteiger partial charge in [-0.25, -0.2) is 0 Å². The van der Waals surface area contributed by atoms with Gasteiger partial charge in [-0.15, -0.1) is 0 Å². The molecule has 0 fully saturated rings. The normalized spacial score (nSPS) is 11.2. The van der Waals surface area contributed by atoms with Crippen LogP contribution in [0, 0.1) is 0 Å². The second-order valence-electron chi connectivity index (χ2n) is 5.57. The van der Waals surface area contributed by atoms with Gasteiger partial charge in [0.15, 0.2) is 0 Å². The van der Waals surface area contributed by atoms with Gasteiger partial charge in [-0.2, -0.15) is 0 Å². The lowest BCUT2D eigenvalue weighted by Crippen LogP contribution is -2.24. The van der Waals surface area contributed by atoms with Crippen LogP contribution in [0.2, 0.25) is 0 Å². The summed E-state index contributed by atoms with van der Waals surface area (Å²) in [5.74, 6) is 0.326. The van der Waals surface area contributed by atoms with Crippen LogP contribution in [0.1, 0.15) is 32.3 Å². The van der Waals surface area contributed by atoms with Crippen LogP contribution in [0.3, 0.4) is 0 Å². The Labute approximate surface area is 121 Å². The molecule has 0 saturated heterocycles. The number of hydrogen-bond donors (Lipinski definition) is 1. The predicted octanol–water partition coefficient (Wildman–Crippen LogP) is 3.73. The molecule has 0 unspecified atom stereocenters. The maximum absolute atomic E-state index is 12.1. The monoisotopic (exact) mass is 269 g/mol. The van der Waals surface area contributed by atoms with E-state index < -0.39 is 0 Å². The minimum atomic E-state index is 0.326. The molecule has 0 spiro atoms. The number of benzene rings is 2. The third kappa shape index (κ3) is 4.17. The molecule has 2 aromatic rings. The van der Waals surface area contributed by atoms with Crippen LogP contribution in [-0.2, 0) is 11.2 Å². The van der Waals surface area contributed by atoms with Crippen LogP contribution in [0.15, 0.2) is 42.5 Å². The van der Waals surface area contributed by atoms with Crippen LogP contribution in [-0.4, -0.2) is 18.4 Å². The summed E-state index contributed by atoms with van der Waals surface area (Å²) in [6.07, 6.45) is 2.12. The third-order valence-corrected chi connectivity index (χ3v) is 3.45. The molecule has 2 nitrogen and oxygen atoms in total. The van der Waals surface area contributed by atoms with Gasteiger partial charge in [-0.1, -0.05) is 56.3 Å². The van der Waals surface area contributed by atoms with Gasteiger partial charge >= 0.3 is 0 Å². The third-order valence-electron chi connectivity index (χ3n) is 3.45. The summed E-state index contributed by atoms with van der Waals surface area (Å²) in [7, 11) is 0. The van der Waals surface area contributed by atoms with Gasteiger partial charge in [0.2, 0.25) is 0 Å². The van der Waals surface area contributed by atoms with Crippen molar-refractivity contribution in [2.45, 2.75) is 39.2 Å². The number of ketones is 1. The van der Waals surface area contributed by atoms with E-state index in [0.29, 0.717) is 24.7 Å². The van der Waals surface area contributed by atoms with E-state index in [4.69, 9.17) is 0 Å². The molecule has 0 heterocycles. The van der Waals surface area contributed by atoms with Crippen molar-refractivity contribution in [1.29, 1.82) is 0 Å². The predicted molar refractivity (Wildman–Crippen MR) is 85.0 cm³/mol. The molecule has 2 aromatic carbocycles. The van der Waals surface area contributed by atoms with E-state index in [-0.39, 0.29) is 0 Å². The quantitative estimate of drug-likeness (QED) is 0.776. The van der Waals surface area contributed by atoms with Crippen LogP contribution in [0.4, 0.5) is 0 Å². The molecule has 106 valence electrons. The number of fused-ring (bicyclic) bond motifs is 1.